The number of nitrogens with zero attached hydrogens (tertiary/aromatic N) is 1. The first kappa shape index (κ1) is 13.1. The van der Waals surface area contributed by atoms with Crippen LogP contribution in [0.2, 0.25) is 0 Å². The number of carbonyl (C=O) groups excluding carboxylic acids is 1. The molecule has 0 aliphatic heterocycles. The van der Waals surface area contributed by atoms with Crippen LogP contribution < -0.4 is 11.1 Å². The van der Waals surface area contributed by atoms with E-state index in [4.69, 9.17) is 5.73 Å². The van der Waals surface area contributed by atoms with Crippen molar-refractivity contribution in [2.24, 2.45) is 11.7 Å². The molecule has 0 aromatic carbocycles. The van der Waals surface area contributed by atoms with E-state index < -0.39 is 0 Å². The average molecular weight is 286 g/mol. The van der Waals surface area contributed by atoms with Crippen molar-refractivity contribution in [2.75, 3.05) is 5.32 Å². The summed E-state index contributed by atoms with van der Waals surface area (Å²) in [7, 11) is 0. The Hall–Kier alpha value is -0.940. The number of amides is 1. The molecule has 0 fully saturated rings. The first-order valence-electron chi connectivity index (χ1n) is 5.16. The van der Waals surface area contributed by atoms with Crippen LogP contribution in [0.25, 0.3) is 0 Å². The zero-order valence-corrected chi connectivity index (χ0v) is 11.0. The second-order valence-electron chi connectivity index (χ2n) is 3.99. The molecular weight excluding hydrogens is 270 g/mol. The molecule has 1 aromatic heterocycles. The number of nitrogens with one attached hydrogen (secondary N) is 1. The minimum atomic E-state index is -0.123. The molecular formula is C11H16BrN3O. The van der Waals surface area contributed by atoms with Crippen LogP contribution in [0.5, 0.6) is 0 Å². The van der Waals surface area contributed by atoms with E-state index >= 15 is 0 Å². The normalized spacial score (nSPS) is 12.6. The number of rotatable bonds is 4. The van der Waals surface area contributed by atoms with E-state index in [1.54, 1.807) is 12.3 Å². The Morgan fingerprint density at radius 3 is 2.88 bits per heavy atom. The molecule has 0 spiro atoms. The van der Waals surface area contributed by atoms with Gasteiger partial charge < -0.3 is 11.1 Å². The quantitative estimate of drug-likeness (QED) is 0.891. The molecule has 1 aromatic rings. The van der Waals surface area contributed by atoms with Gasteiger partial charge in [0, 0.05) is 18.7 Å². The highest BCUT2D eigenvalue weighted by molar-refractivity contribution is 9.10. The summed E-state index contributed by atoms with van der Waals surface area (Å²) >= 11 is 3.31. The fourth-order valence-corrected chi connectivity index (χ4v) is 1.46. The molecule has 4 nitrogen and oxygen atoms in total. The summed E-state index contributed by atoms with van der Waals surface area (Å²) < 4.78 is 0.765. The lowest BCUT2D eigenvalue weighted by Gasteiger charge is -2.15. The zero-order valence-electron chi connectivity index (χ0n) is 9.40. The molecule has 3 N–H and O–H groups in total. The van der Waals surface area contributed by atoms with Crippen LogP contribution in [0.1, 0.15) is 20.3 Å². The Balaban J connectivity index is 2.55. The van der Waals surface area contributed by atoms with E-state index in [1.165, 1.54) is 0 Å². The van der Waals surface area contributed by atoms with Crippen molar-refractivity contribution in [3.63, 3.8) is 0 Å². The number of anilines is 1. The Morgan fingerprint density at radius 1 is 1.62 bits per heavy atom. The predicted molar refractivity (Wildman–Crippen MR) is 68.0 cm³/mol. The Morgan fingerprint density at radius 2 is 2.31 bits per heavy atom. The van der Waals surface area contributed by atoms with Gasteiger partial charge in [0.1, 0.15) is 5.82 Å². The molecule has 0 bridgehead atoms. The molecule has 5 heteroatoms. The highest BCUT2D eigenvalue weighted by Gasteiger charge is 2.14. The summed E-state index contributed by atoms with van der Waals surface area (Å²) in [6, 6.07) is 3.49. The summed E-state index contributed by atoms with van der Waals surface area (Å²) in [5.41, 5.74) is 5.82. The van der Waals surface area contributed by atoms with Crippen molar-refractivity contribution in [1.82, 2.24) is 4.98 Å². The van der Waals surface area contributed by atoms with Gasteiger partial charge in [0.15, 0.2) is 0 Å². The van der Waals surface area contributed by atoms with E-state index in [2.05, 4.69) is 26.2 Å². The maximum atomic E-state index is 11.6. The number of hydrogen-bond donors (Lipinski definition) is 2. The summed E-state index contributed by atoms with van der Waals surface area (Å²) in [5.74, 6) is 0.710. The van der Waals surface area contributed by atoms with Gasteiger partial charge in [-0.3, -0.25) is 4.79 Å². The second kappa shape index (κ2) is 5.96. The van der Waals surface area contributed by atoms with Crippen molar-refractivity contribution in [3.05, 3.63) is 22.8 Å². The van der Waals surface area contributed by atoms with Crippen molar-refractivity contribution in [1.29, 1.82) is 0 Å². The fraction of sp³-hybridized carbons (Fsp3) is 0.455. The molecule has 1 atom stereocenters. The molecule has 1 heterocycles. The van der Waals surface area contributed by atoms with Crippen LogP contribution in [0.15, 0.2) is 22.8 Å². The van der Waals surface area contributed by atoms with Gasteiger partial charge in [-0.2, -0.15) is 0 Å². The minimum Gasteiger partial charge on any atom is -0.327 e. The predicted octanol–water partition coefficient (Wildman–Crippen LogP) is 2.16. The third-order valence-corrected chi connectivity index (χ3v) is 2.93. The van der Waals surface area contributed by atoms with Crippen molar-refractivity contribution < 1.29 is 4.79 Å². The highest BCUT2D eigenvalue weighted by Crippen LogP contribution is 2.18. The summed E-state index contributed by atoms with van der Waals surface area (Å²) in [6.07, 6.45) is 1.93. The number of hydrogen-bond acceptors (Lipinski definition) is 3. The smallest absolute Gasteiger partial charge is 0.227 e. The lowest BCUT2D eigenvalue weighted by Crippen LogP contribution is -2.31. The van der Waals surface area contributed by atoms with Crippen molar-refractivity contribution >= 4 is 27.7 Å². The number of aromatic nitrogens is 1. The summed E-state index contributed by atoms with van der Waals surface area (Å²) in [6.45, 7) is 3.99. The van der Waals surface area contributed by atoms with Crippen LogP contribution in [-0.2, 0) is 4.79 Å². The van der Waals surface area contributed by atoms with Gasteiger partial charge >= 0.3 is 0 Å². The van der Waals surface area contributed by atoms with E-state index in [1.807, 2.05) is 19.9 Å². The monoisotopic (exact) mass is 285 g/mol. The Bertz CT molecular complexity index is 368. The lowest BCUT2D eigenvalue weighted by atomic mass is 10.0. The molecule has 16 heavy (non-hydrogen) atoms. The van der Waals surface area contributed by atoms with Gasteiger partial charge in [0.2, 0.25) is 5.91 Å². The molecule has 88 valence electrons. The zero-order chi connectivity index (χ0) is 12.1. The maximum absolute atomic E-state index is 11.6. The molecule has 0 radical (unpaired) electrons. The first-order chi connectivity index (χ1) is 7.50. The second-order valence-corrected chi connectivity index (χ2v) is 4.85. The largest absolute Gasteiger partial charge is 0.327 e. The van der Waals surface area contributed by atoms with Gasteiger partial charge in [-0.25, -0.2) is 4.98 Å². The number of carbonyl (C=O) groups is 1. The van der Waals surface area contributed by atoms with E-state index in [9.17, 15) is 4.79 Å². The Kier molecular flexibility index (Phi) is 4.89. The number of halogens is 1. The molecule has 1 amide bonds. The van der Waals surface area contributed by atoms with Crippen LogP contribution >= 0.6 is 15.9 Å². The van der Waals surface area contributed by atoms with Crippen LogP contribution in [0.3, 0.4) is 0 Å². The molecule has 0 saturated heterocycles. The van der Waals surface area contributed by atoms with Gasteiger partial charge in [0.25, 0.3) is 0 Å². The van der Waals surface area contributed by atoms with Gasteiger partial charge in [-0.05, 0) is 34.0 Å². The average Bonchev–Trinajstić information content (AvgIpc) is 2.21. The van der Waals surface area contributed by atoms with Crippen LogP contribution in [0, 0.1) is 5.92 Å². The van der Waals surface area contributed by atoms with E-state index in [0.29, 0.717) is 12.2 Å². The SMILES string of the molecule is CC(C)C(N)CC(=O)Nc1ncccc1Br. The molecule has 0 saturated carbocycles. The lowest BCUT2D eigenvalue weighted by molar-refractivity contribution is -0.116. The third kappa shape index (κ3) is 3.90. The molecule has 1 unspecified atom stereocenters. The molecule has 1 rings (SSSR count). The van der Waals surface area contributed by atoms with Gasteiger partial charge in [-0.1, -0.05) is 13.8 Å². The van der Waals surface area contributed by atoms with Crippen LogP contribution in [-0.4, -0.2) is 16.9 Å². The van der Waals surface area contributed by atoms with Gasteiger partial charge in [0.05, 0.1) is 4.47 Å². The Labute approximate surface area is 104 Å². The van der Waals surface area contributed by atoms with Gasteiger partial charge in [-0.15, -0.1) is 0 Å². The topological polar surface area (TPSA) is 68.0 Å². The molecule has 0 aliphatic carbocycles. The van der Waals surface area contributed by atoms with Crippen molar-refractivity contribution in [2.45, 2.75) is 26.3 Å². The third-order valence-electron chi connectivity index (χ3n) is 2.29. The van der Waals surface area contributed by atoms with E-state index in [0.717, 1.165) is 4.47 Å². The summed E-state index contributed by atoms with van der Waals surface area (Å²) in [5, 5.41) is 2.72. The summed E-state index contributed by atoms with van der Waals surface area (Å²) in [4.78, 5) is 15.7. The standard InChI is InChI=1S/C11H16BrN3O/c1-7(2)9(13)6-10(16)15-11-8(12)4-3-5-14-11/h3-5,7,9H,6,13H2,1-2H3,(H,14,15,16). The number of nitrogens with two attached hydrogens (primary N) is 1. The number of pyridine rings is 1. The molecule has 0 aliphatic rings. The first-order valence-corrected chi connectivity index (χ1v) is 5.96. The highest BCUT2D eigenvalue weighted by atomic mass is 79.9. The fourth-order valence-electron chi connectivity index (χ4n) is 1.11. The van der Waals surface area contributed by atoms with Crippen molar-refractivity contribution in [3.8, 4) is 0 Å². The minimum absolute atomic E-state index is 0.111. The van der Waals surface area contributed by atoms with Crippen LogP contribution in [0.4, 0.5) is 5.82 Å². The van der Waals surface area contributed by atoms with E-state index in [-0.39, 0.29) is 17.9 Å². The maximum Gasteiger partial charge on any atom is 0.227 e.